The van der Waals surface area contributed by atoms with Crippen LogP contribution in [-0.4, -0.2) is 33.9 Å². The molecule has 1 N–H and O–H groups in total. The van der Waals surface area contributed by atoms with E-state index < -0.39 is 0 Å². The fourth-order valence-corrected chi connectivity index (χ4v) is 3.11. The van der Waals surface area contributed by atoms with Crippen molar-refractivity contribution in [3.8, 4) is 11.5 Å². The van der Waals surface area contributed by atoms with Gasteiger partial charge < -0.3 is 9.84 Å². The molecule has 6 heteroatoms. The number of likely N-dealkylation sites (N-methyl/N-ethyl adjacent to an activating group) is 1. The van der Waals surface area contributed by atoms with Gasteiger partial charge in [-0.05, 0) is 30.7 Å². The molecule has 0 aromatic heterocycles. The van der Waals surface area contributed by atoms with Gasteiger partial charge in [-0.25, -0.2) is 0 Å². The first-order chi connectivity index (χ1) is 9.06. The summed E-state index contributed by atoms with van der Waals surface area (Å²) in [6, 6.07) is 4.98. The molecule has 0 unspecified atom stereocenters. The third-order valence-corrected chi connectivity index (χ3v) is 4.07. The molecule has 0 atom stereocenters. The van der Waals surface area contributed by atoms with Gasteiger partial charge in [-0.1, -0.05) is 30.0 Å². The van der Waals surface area contributed by atoms with Crippen LogP contribution in [0.25, 0.3) is 6.08 Å². The number of carbonyl (C=O) groups is 1. The number of phenols is 1. The van der Waals surface area contributed by atoms with Gasteiger partial charge in [-0.15, -0.1) is 0 Å². The standard InChI is InChI=1S/C13H13NO3S2/c1-3-14-12(16)11(19-13(14)18)7-8-4-5-10(17-2)9(15)6-8/h4-7,15H,3H2,1-2H3/b11-7-. The molecule has 1 amide bonds. The number of hydrogen-bond donors (Lipinski definition) is 1. The second kappa shape index (κ2) is 5.63. The van der Waals surface area contributed by atoms with Crippen LogP contribution in [0.1, 0.15) is 12.5 Å². The summed E-state index contributed by atoms with van der Waals surface area (Å²) >= 11 is 6.41. The lowest BCUT2D eigenvalue weighted by Crippen LogP contribution is -2.27. The van der Waals surface area contributed by atoms with Crippen molar-refractivity contribution in [2.75, 3.05) is 13.7 Å². The lowest BCUT2D eigenvalue weighted by atomic mass is 10.2. The van der Waals surface area contributed by atoms with Crippen LogP contribution in [0.4, 0.5) is 0 Å². The van der Waals surface area contributed by atoms with Crippen molar-refractivity contribution < 1.29 is 14.6 Å². The normalized spacial score (nSPS) is 17.4. The summed E-state index contributed by atoms with van der Waals surface area (Å²) in [5.41, 5.74) is 0.731. The lowest BCUT2D eigenvalue weighted by Gasteiger charge is -2.09. The molecule has 0 radical (unpaired) electrons. The second-order valence-electron chi connectivity index (χ2n) is 3.86. The molecule has 0 bridgehead atoms. The van der Waals surface area contributed by atoms with E-state index in [1.165, 1.54) is 18.9 Å². The van der Waals surface area contributed by atoms with Crippen molar-refractivity contribution in [3.63, 3.8) is 0 Å². The number of amides is 1. The Hall–Kier alpha value is -1.53. The lowest BCUT2D eigenvalue weighted by molar-refractivity contribution is -0.121. The molecule has 1 aliphatic rings. The second-order valence-corrected chi connectivity index (χ2v) is 5.53. The number of nitrogens with zero attached hydrogens (tertiary/aromatic N) is 1. The molecule has 4 nitrogen and oxygen atoms in total. The highest BCUT2D eigenvalue weighted by Crippen LogP contribution is 2.34. The molecule has 0 aliphatic carbocycles. The molecule has 0 spiro atoms. The van der Waals surface area contributed by atoms with Gasteiger partial charge in [0.05, 0.1) is 12.0 Å². The Bertz CT molecular complexity index is 569. The molecule has 1 heterocycles. The molecule has 1 saturated heterocycles. The van der Waals surface area contributed by atoms with Crippen molar-refractivity contribution in [2.45, 2.75) is 6.92 Å². The number of phenolic OH excluding ortho intramolecular Hbond substituents is 1. The van der Waals surface area contributed by atoms with E-state index in [0.29, 0.717) is 21.5 Å². The molecule has 1 aromatic rings. The van der Waals surface area contributed by atoms with Gasteiger partial charge in [0.25, 0.3) is 5.91 Å². The van der Waals surface area contributed by atoms with Gasteiger partial charge in [0.1, 0.15) is 4.32 Å². The van der Waals surface area contributed by atoms with Gasteiger partial charge in [-0.2, -0.15) is 0 Å². The first kappa shape index (κ1) is 13.9. The zero-order valence-electron chi connectivity index (χ0n) is 10.5. The molecule has 1 aromatic carbocycles. The van der Waals surface area contributed by atoms with Crippen LogP contribution >= 0.6 is 24.0 Å². The number of benzene rings is 1. The molecule has 0 saturated carbocycles. The quantitative estimate of drug-likeness (QED) is 0.686. The van der Waals surface area contributed by atoms with Crippen LogP contribution in [0.3, 0.4) is 0 Å². The Morgan fingerprint density at radius 1 is 1.53 bits per heavy atom. The summed E-state index contributed by atoms with van der Waals surface area (Å²) in [5, 5.41) is 9.70. The highest BCUT2D eigenvalue weighted by Gasteiger charge is 2.30. The summed E-state index contributed by atoms with van der Waals surface area (Å²) in [6.07, 6.45) is 1.72. The van der Waals surface area contributed by atoms with E-state index in [-0.39, 0.29) is 11.7 Å². The molecular formula is C13H13NO3S2. The van der Waals surface area contributed by atoms with Gasteiger partial charge in [0.2, 0.25) is 0 Å². The maximum atomic E-state index is 12.0. The van der Waals surface area contributed by atoms with Crippen molar-refractivity contribution >= 4 is 40.3 Å². The monoisotopic (exact) mass is 295 g/mol. The van der Waals surface area contributed by atoms with Crippen molar-refractivity contribution in [1.29, 1.82) is 0 Å². The summed E-state index contributed by atoms with van der Waals surface area (Å²) in [4.78, 5) is 14.1. The highest BCUT2D eigenvalue weighted by atomic mass is 32.2. The van der Waals surface area contributed by atoms with Crippen LogP contribution in [0.2, 0.25) is 0 Å². The maximum Gasteiger partial charge on any atom is 0.266 e. The average Bonchev–Trinajstić information content (AvgIpc) is 2.64. The first-order valence-corrected chi connectivity index (χ1v) is 6.91. The predicted molar refractivity (Wildman–Crippen MR) is 80.2 cm³/mol. The predicted octanol–water partition coefficient (Wildman–Crippen LogP) is 2.62. The van der Waals surface area contributed by atoms with E-state index >= 15 is 0 Å². The molecular weight excluding hydrogens is 282 g/mol. The zero-order chi connectivity index (χ0) is 14.0. The fourth-order valence-electron chi connectivity index (χ4n) is 1.72. The topological polar surface area (TPSA) is 49.8 Å². The van der Waals surface area contributed by atoms with Crippen molar-refractivity contribution in [3.05, 3.63) is 28.7 Å². The van der Waals surface area contributed by atoms with Gasteiger partial charge in [0, 0.05) is 6.54 Å². The SMILES string of the molecule is CCN1C(=O)/C(=C/c2ccc(OC)c(O)c2)SC1=S. The smallest absolute Gasteiger partial charge is 0.266 e. The third-order valence-electron chi connectivity index (χ3n) is 2.69. The number of hydrogen-bond acceptors (Lipinski definition) is 5. The molecule has 19 heavy (non-hydrogen) atoms. The summed E-state index contributed by atoms with van der Waals surface area (Å²) in [7, 11) is 1.49. The van der Waals surface area contributed by atoms with E-state index in [1.807, 2.05) is 6.92 Å². The first-order valence-electron chi connectivity index (χ1n) is 5.69. The van der Waals surface area contributed by atoms with E-state index in [1.54, 1.807) is 29.2 Å². The minimum absolute atomic E-state index is 0.0437. The highest BCUT2D eigenvalue weighted by molar-refractivity contribution is 8.26. The van der Waals surface area contributed by atoms with Crippen molar-refractivity contribution in [2.24, 2.45) is 0 Å². The van der Waals surface area contributed by atoms with E-state index in [2.05, 4.69) is 0 Å². The fraction of sp³-hybridized carbons (Fsp3) is 0.231. The summed E-state index contributed by atoms with van der Waals surface area (Å²) in [6.45, 7) is 2.45. The van der Waals surface area contributed by atoms with Gasteiger partial charge in [0.15, 0.2) is 11.5 Å². The van der Waals surface area contributed by atoms with Crippen LogP contribution < -0.4 is 4.74 Å². The summed E-state index contributed by atoms with van der Waals surface area (Å²) in [5.74, 6) is 0.355. The Labute approximate surface area is 121 Å². The third kappa shape index (κ3) is 2.74. The van der Waals surface area contributed by atoms with Crippen LogP contribution in [0, 0.1) is 0 Å². The van der Waals surface area contributed by atoms with Crippen LogP contribution in [0.15, 0.2) is 23.1 Å². The number of methoxy groups -OCH3 is 1. The number of thiocarbonyl (C=S) groups is 1. The van der Waals surface area contributed by atoms with E-state index in [4.69, 9.17) is 17.0 Å². The molecule has 1 aliphatic heterocycles. The number of ether oxygens (including phenoxy) is 1. The summed E-state index contributed by atoms with van der Waals surface area (Å²) < 4.78 is 5.54. The number of thioether (sulfide) groups is 1. The van der Waals surface area contributed by atoms with Crippen molar-refractivity contribution in [1.82, 2.24) is 4.90 Å². The Morgan fingerprint density at radius 3 is 2.79 bits per heavy atom. The molecule has 100 valence electrons. The Kier molecular flexibility index (Phi) is 4.11. The number of rotatable bonds is 3. The zero-order valence-corrected chi connectivity index (χ0v) is 12.2. The van der Waals surface area contributed by atoms with Crippen LogP contribution in [0.5, 0.6) is 11.5 Å². The van der Waals surface area contributed by atoms with Gasteiger partial charge in [-0.3, -0.25) is 9.69 Å². The van der Waals surface area contributed by atoms with E-state index in [0.717, 1.165) is 5.56 Å². The van der Waals surface area contributed by atoms with Crippen LogP contribution in [-0.2, 0) is 4.79 Å². The minimum atomic E-state index is -0.0900. The average molecular weight is 295 g/mol. The molecule has 1 fully saturated rings. The Morgan fingerprint density at radius 2 is 2.26 bits per heavy atom. The number of carbonyl (C=O) groups excluding carboxylic acids is 1. The molecule has 2 rings (SSSR count). The number of aromatic hydroxyl groups is 1. The minimum Gasteiger partial charge on any atom is -0.504 e. The van der Waals surface area contributed by atoms with Gasteiger partial charge >= 0.3 is 0 Å². The maximum absolute atomic E-state index is 12.0. The largest absolute Gasteiger partial charge is 0.504 e. The Balaban J connectivity index is 2.30. The van der Waals surface area contributed by atoms with E-state index in [9.17, 15) is 9.90 Å².